The van der Waals surface area contributed by atoms with E-state index < -0.39 is 0 Å². The lowest BCUT2D eigenvalue weighted by atomic mass is 10.1. The van der Waals surface area contributed by atoms with Crippen LogP contribution in [0.1, 0.15) is 18.2 Å². The van der Waals surface area contributed by atoms with Gasteiger partial charge >= 0.3 is 0 Å². The minimum atomic E-state index is 0.694. The fourth-order valence-electron chi connectivity index (χ4n) is 4.54. The number of pyridine rings is 2. The summed E-state index contributed by atoms with van der Waals surface area (Å²) in [5.74, 6) is 1.10. The number of rotatable bonds is 7. The monoisotopic (exact) mass is 471 g/mol. The molecule has 0 atom stereocenters. The van der Waals surface area contributed by atoms with Gasteiger partial charge in [-0.05, 0) is 73.5 Å². The zero-order valence-electron chi connectivity index (χ0n) is 19.5. The van der Waals surface area contributed by atoms with E-state index in [0.29, 0.717) is 5.02 Å². The van der Waals surface area contributed by atoms with Crippen LogP contribution in [0.2, 0.25) is 5.02 Å². The maximum Gasteiger partial charge on any atom is 0.128 e. The van der Waals surface area contributed by atoms with E-state index in [2.05, 4.69) is 69.5 Å². The maximum absolute atomic E-state index is 6.13. The number of hydrogen-bond donors (Lipinski definition) is 1. The van der Waals surface area contributed by atoms with Crippen LogP contribution in [0.15, 0.2) is 72.9 Å². The minimum absolute atomic E-state index is 0.694. The predicted octanol–water partition coefficient (Wildman–Crippen LogP) is 5.95. The zero-order chi connectivity index (χ0) is 23.3. The molecule has 0 unspecified atom stereocenters. The summed E-state index contributed by atoms with van der Waals surface area (Å²) in [5, 5.41) is 5.30. The third kappa shape index (κ3) is 5.32. The number of fused-ring (bicyclic) bond motifs is 1. The number of nitrogens with one attached hydrogen (secondary N) is 1. The molecule has 2 aromatic heterocycles. The molecule has 1 aliphatic heterocycles. The van der Waals surface area contributed by atoms with Crippen LogP contribution in [0.25, 0.3) is 10.9 Å². The van der Waals surface area contributed by atoms with Crippen molar-refractivity contribution < 1.29 is 0 Å². The molecule has 0 spiro atoms. The van der Waals surface area contributed by atoms with Gasteiger partial charge in [0.25, 0.3) is 0 Å². The topological polar surface area (TPSA) is 44.3 Å². The molecule has 0 bridgehead atoms. The summed E-state index contributed by atoms with van der Waals surface area (Å²) in [5.41, 5.74) is 5.41. The maximum atomic E-state index is 6.13. The molecule has 0 amide bonds. The van der Waals surface area contributed by atoms with Crippen LogP contribution in [0, 0.1) is 0 Å². The molecule has 5 rings (SSSR count). The van der Waals surface area contributed by atoms with E-state index >= 15 is 0 Å². The van der Waals surface area contributed by atoms with Crippen molar-refractivity contribution in [1.29, 1.82) is 0 Å². The number of likely N-dealkylation sites (N-methyl/N-ethyl adjacent to an activating group) is 1. The van der Waals surface area contributed by atoms with E-state index in [1.165, 1.54) is 5.56 Å². The first kappa shape index (κ1) is 22.6. The van der Waals surface area contributed by atoms with E-state index in [4.69, 9.17) is 16.6 Å². The quantitative estimate of drug-likeness (QED) is 0.360. The predicted molar refractivity (Wildman–Crippen MR) is 142 cm³/mol. The molecular weight excluding hydrogens is 442 g/mol. The lowest BCUT2D eigenvalue weighted by molar-refractivity contribution is 0.270. The van der Waals surface area contributed by atoms with E-state index in [1.807, 2.05) is 30.5 Å². The fraction of sp³-hybridized carbons (Fsp3) is 0.286. The Morgan fingerprint density at radius 1 is 0.912 bits per heavy atom. The van der Waals surface area contributed by atoms with E-state index in [9.17, 15) is 0 Å². The highest BCUT2D eigenvalue weighted by Crippen LogP contribution is 2.27. The van der Waals surface area contributed by atoms with Gasteiger partial charge in [-0.15, -0.1) is 0 Å². The molecule has 174 valence electrons. The third-order valence-corrected chi connectivity index (χ3v) is 6.75. The average molecular weight is 472 g/mol. The molecule has 34 heavy (non-hydrogen) atoms. The summed E-state index contributed by atoms with van der Waals surface area (Å²) in [6.45, 7) is 7.68. The molecule has 1 fully saturated rings. The molecule has 0 aliphatic carbocycles. The number of halogens is 1. The highest BCUT2D eigenvalue weighted by atomic mass is 35.5. The van der Waals surface area contributed by atoms with E-state index in [-0.39, 0.29) is 0 Å². The molecule has 1 N–H and O–H groups in total. The molecule has 2 aromatic carbocycles. The molecule has 5 nitrogen and oxygen atoms in total. The standard InChI is InChI=1S/C28H30ClN5/c1-2-33-15-17-34(18-16-33)28-8-4-6-23(32-28)11-9-21-5-3-7-24(19-21)31-26-13-14-30-27-20-22(29)10-12-25(26)27/h3-8,10,12-14,19-20H,2,9,11,15-18H2,1H3,(H,30,31). The van der Waals surface area contributed by atoms with Crippen molar-refractivity contribution in [2.75, 3.05) is 42.9 Å². The second kappa shape index (κ2) is 10.4. The Morgan fingerprint density at radius 3 is 2.62 bits per heavy atom. The van der Waals surface area contributed by atoms with Crippen LogP contribution >= 0.6 is 11.6 Å². The van der Waals surface area contributed by atoms with Gasteiger partial charge in [0, 0.05) is 59.9 Å². The molecule has 0 saturated carbocycles. The zero-order valence-corrected chi connectivity index (χ0v) is 20.3. The van der Waals surface area contributed by atoms with Crippen LogP contribution in [0.3, 0.4) is 0 Å². The van der Waals surface area contributed by atoms with Crippen LogP contribution in [-0.2, 0) is 12.8 Å². The molecule has 1 aliphatic rings. The van der Waals surface area contributed by atoms with Gasteiger partial charge in [0.05, 0.1) is 5.52 Å². The third-order valence-electron chi connectivity index (χ3n) is 6.52. The van der Waals surface area contributed by atoms with Crippen molar-refractivity contribution in [2.24, 2.45) is 0 Å². The van der Waals surface area contributed by atoms with Crippen molar-refractivity contribution in [2.45, 2.75) is 19.8 Å². The molecule has 3 heterocycles. The largest absolute Gasteiger partial charge is 0.355 e. The first-order chi connectivity index (χ1) is 16.7. The smallest absolute Gasteiger partial charge is 0.128 e. The normalized spacial score (nSPS) is 14.5. The van der Waals surface area contributed by atoms with E-state index in [1.54, 1.807) is 0 Å². The Labute approximate surface area is 206 Å². The molecule has 4 aromatic rings. The fourth-order valence-corrected chi connectivity index (χ4v) is 4.70. The number of hydrogen-bond acceptors (Lipinski definition) is 5. The highest BCUT2D eigenvalue weighted by Gasteiger charge is 2.16. The van der Waals surface area contributed by atoms with Crippen LogP contribution in [0.5, 0.6) is 0 Å². The summed E-state index contributed by atoms with van der Waals surface area (Å²) in [6, 6.07) is 22.8. The number of aromatic nitrogens is 2. The Bertz CT molecular complexity index is 1270. The first-order valence-corrected chi connectivity index (χ1v) is 12.4. The summed E-state index contributed by atoms with van der Waals surface area (Å²) in [7, 11) is 0. The Balaban J connectivity index is 1.25. The Hall–Kier alpha value is -3.15. The summed E-state index contributed by atoms with van der Waals surface area (Å²) >= 11 is 6.13. The van der Waals surface area contributed by atoms with Crippen LogP contribution in [-0.4, -0.2) is 47.6 Å². The molecule has 1 saturated heterocycles. The lowest BCUT2D eigenvalue weighted by Gasteiger charge is -2.34. The van der Waals surface area contributed by atoms with Gasteiger partial charge in [-0.1, -0.05) is 36.7 Å². The van der Waals surface area contributed by atoms with Gasteiger partial charge in [-0.3, -0.25) is 4.98 Å². The van der Waals surface area contributed by atoms with Gasteiger partial charge in [-0.25, -0.2) is 4.98 Å². The summed E-state index contributed by atoms with van der Waals surface area (Å²) in [6.07, 6.45) is 3.68. The number of aryl methyl sites for hydroxylation is 2. The number of nitrogens with zero attached hydrogens (tertiary/aromatic N) is 4. The highest BCUT2D eigenvalue weighted by molar-refractivity contribution is 6.31. The molecule has 0 radical (unpaired) electrons. The van der Waals surface area contributed by atoms with Gasteiger partial charge < -0.3 is 15.1 Å². The minimum Gasteiger partial charge on any atom is -0.355 e. The lowest BCUT2D eigenvalue weighted by Crippen LogP contribution is -2.46. The average Bonchev–Trinajstić information content (AvgIpc) is 2.88. The van der Waals surface area contributed by atoms with E-state index in [0.717, 1.165) is 79.4 Å². The second-order valence-corrected chi connectivity index (χ2v) is 9.19. The molecule has 6 heteroatoms. The number of anilines is 3. The second-order valence-electron chi connectivity index (χ2n) is 8.75. The Morgan fingerprint density at radius 2 is 1.76 bits per heavy atom. The van der Waals surface area contributed by atoms with Crippen molar-refractivity contribution in [3.05, 3.63) is 89.2 Å². The van der Waals surface area contributed by atoms with Gasteiger partial charge in [-0.2, -0.15) is 0 Å². The van der Waals surface area contributed by atoms with Gasteiger partial charge in [0.1, 0.15) is 5.82 Å². The van der Waals surface area contributed by atoms with Crippen molar-refractivity contribution in [3.63, 3.8) is 0 Å². The summed E-state index contributed by atoms with van der Waals surface area (Å²) in [4.78, 5) is 14.3. The van der Waals surface area contributed by atoms with Gasteiger partial charge in [0.15, 0.2) is 0 Å². The van der Waals surface area contributed by atoms with Crippen LogP contribution < -0.4 is 10.2 Å². The first-order valence-electron chi connectivity index (χ1n) is 12.0. The number of piperazine rings is 1. The SMILES string of the molecule is CCN1CCN(c2cccc(CCc3cccc(Nc4ccnc5cc(Cl)ccc45)c3)n2)CC1. The van der Waals surface area contributed by atoms with Crippen molar-refractivity contribution in [1.82, 2.24) is 14.9 Å². The number of benzene rings is 2. The van der Waals surface area contributed by atoms with Crippen molar-refractivity contribution >= 4 is 39.7 Å². The Kier molecular flexibility index (Phi) is 6.93. The van der Waals surface area contributed by atoms with Crippen molar-refractivity contribution in [3.8, 4) is 0 Å². The van der Waals surface area contributed by atoms with Gasteiger partial charge in [0.2, 0.25) is 0 Å². The summed E-state index contributed by atoms with van der Waals surface area (Å²) < 4.78 is 0. The molecular formula is C28H30ClN5. The van der Waals surface area contributed by atoms with Crippen LogP contribution in [0.4, 0.5) is 17.2 Å².